The molecule has 0 aliphatic carbocycles. The summed E-state index contributed by atoms with van der Waals surface area (Å²) in [5.74, 6) is -0.265. The van der Waals surface area contributed by atoms with E-state index in [2.05, 4.69) is 10.0 Å². The Balaban J connectivity index is 1.68. The fourth-order valence-corrected chi connectivity index (χ4v) is 4.06. The molecule has 0 radical (unpaired) electrons. The van der Waals surface area contributed by atoms with Gasteiger partial charge in [0.1, 0.15) is 5.82 Å². The SMILES string of the molecule is Cc1ccc(C)c(S(=O)(=O)Nc2ccc(NCc3ccc(F)cc3)cc2)c1. The van der Waals surface area contributed by atoms with Gasteiger partial charge in [0.25, 0.3) is 10.0 Å². The summed E-state index contributed by atoms with van der Waals surface area (Å²) in [6, 6.07) is 18.6. The van der Waals surface area contributed by atoms with Gasteiger partial charge in [-0.05, 0) is 73.0 Å². The van der Waals surface area contributed by atoms with Crippen LogP contribution in [0, 0.1) is 19.7 Å². The summed E-state index contributed by atoms with van der Waals surface area (Å²) in [6.07, 6.45) is 0. The van der Waals surface area contributed by atoms with Crippen LogP contribution in [0.4, 0.5) is 15.8 Å². The third-order valence-corrected chi connectivity index (χ3v) is 5.70. The van der Waals surface area contributed by atoms with Gasteiger partial charge < -0.3 is 5.32 Å². The first-order valence-electron chi connectivity index (χ1n) is 8.52. The lowest BCUT2D eigenvalue weighted by Crippen LogP contribution is -2.14. The van der Waals surface area contributed by atoms with Crippen molar-refractivity contribution >= 4 is 21.4 Å². The van der Waals surface area contributed by atoms with Crippen LogP contribution in [0.1, 0.15) is 16.7 Å². The molecular weight excluding hydrogens is 363 g/mol. The summed E-state index contributed by atoms with van der Waals surface area (Å²) in [7, 11) is -3.64. The standard InChI is InChI=1S/C21H21FN2O2S/c1-15-3-4-16(2)21(13-15)27(25,26)24-20-11-9-19(10-12-20)23-14-17-5-7-18(22)8-6-17/h3-13,23-24H,14H2,1-2H3. The summed E-state index contributed by atoms with van der Waals surface area (Å²) in [4.78, 5) is 0.279. The van der Waals surface area contributed by atoms with Crippen molar-refractivity contribution in [2.24, 2.45) is 0 Å². The van der Waals surface area contributed by atoms with Crippen LogP contribution in [-0.2, 0) is 16.6 Å². The van der Waals surface area contributed by atoms with Gasteiger partial charge in [0.15, 0.2) is 0 Å². The Morgan fingerprint density at radius 2 is 1.48 bits per heavy atom. The molecular formula is C21H21FN2O2S. The minimum atomic E-state index is -3.64. The van der Waals surface area contributed by atoms with E-state index in [9.17, 15) is 12.8 Å². The van der Waals surface area contributed by atoms with Crippen LogP contribution in [-0.4, -0.2) is 8.42 Å². The van der Waals surface area contributed by atoms with Crippen LogP contribution >= 0.6 is 0 Å². The number of benzene rings is 3. The normalized spacial score (nSPS) is 11.2. The minimum absolute atomic E-state index is 0.265. The molecule has 0 saturated heterocycles. The first-order chi connectivity index (χ1) is 12.8. The van der Waals surface area contributed by atoms with E-state index in [1.807, 2.05) is 13.0 Å². The molecule has 0 aliphatic heterocycles. The number of sulfonamides is 1. The molecule has 27 heavy (non-hydrogen) atoms. The van der Waals surface area contributed by atoms with E-state index >= 15 is 0 Å². The Hall–Kier alpha value is -2.86. The molecule has 2 N–H and O–H groups in total. The van der Waals surface area contributed by atoms with Gasteiger partial charge in [-0.3, -0.25) is 4.72 Å². The first-order valence-corrected chi connectivity index (χ1v) is 10.0. The number of anilines is 2. The van der Waals surface area contributed by atoms with E-state index in [0.717, 1.165) is 16.8 Å². The van der Waals surface area contributed by atoms with Crippen molar-refractivity contribution in [1.29, 1.82) is 0 Å². The maximum Gasteiger partial charge on any atom is 0.262 e. The Bertz CT molecular complexity index is 1030. The summed E-state index contributed by atoms with van der Waals surface area (Å²) in [5, 5.41) is 3.22. The first kappa shape index (κ1) is 18.9. The number of hydrogen-bond acceptors (Lipinski definition) is 3. The molecule has 0 saturated carbocycles. The van der Waals surface area contributed by atoms with Crippen LogP contribution in [0.5, 0.6) is 0 Å². The zero-order valence-corrected chi connectivity index (χ0v) is 16.0. The highest BCUT2D eigenvalue weighted by atomic mass is 32.2. The van der Waals surface area contributed by atoms with Gasteiger partial charge in [-0.15, -0.1) is 0 Å². The van der Waals surface area contributed by atoms with Crippen molar-refractivity contribution in [3.05, 3.63) is 89.2 Å². The number of nitrogens with one attached hydrogen (secondary N) is 2. The Morgan fingerprint density at radius 3 is 2.15 bits per heavy atom. The monoisotopic (exact) mass is 384 g/mol. The molecule has 0 heterocycles. The van der Waals surface area contributed by atoms with Crippen molar-refractivity contribution < 1.29 is 12.8 Å². The van der Waals surface area contributed by atoms with Gasteiger partial charge in [-0.1, -0.05) is 24.3 Å². The van der Waals surface area contributed by atoms with Crippen molar-refractivity contribution in [3.63, 3.8) is 0 Å². The maximum atomic E-state index is 12.9. The zero-order valence-electron chi connectivity index (χ0n) is 15.2. The van der Waals surface area contributed by atoms with E-state index in [4.69, 9.17) is 0 Å². The van der Waals surface area contributed by atoms with Crippen molar-refractivity contribution in [3.8, 4) is 0 Å². The van der Waals surface area contributed by atoms with Gasteiger partial charge in [-0.25, -0.2) is 12.8 Å². The second kappa shape index (κ2) is 7.80. The molecule has 0 unspecified atom stereocenters. The van der Waals surface area contributed by atoms with Crippen molar-refractivity contribution in [1.82, 2.24) is 0 Å². The Morgan fingerprint density at radius 1 is 0.852 bits per heavy atom. The average Bonchev–Trinajstić information content (AvgIpc) is 2.64. The van der Waals surface area contributed by atoms with Crippen LogP contribution < -0.4 is 10.0 Å². The van der Waals surface area contributed by atoms with Gasteiger partial charge in [0.2, 0.25) is 0 Å². The van der Waals surface area contributed by atoms with E-state index in [0.29, 0.717) is 17.8 Å². The third kappa shape index (κ3) is 4.86. The second-order valence-corrected chi connectivity index (χ2v) is 8.08. The maximum absolute atomic E-state index is 12.9. The third-order valence-electron chi connectivity index (χ3n) is 4.18. The van der Waals surface area contributed by atoms with E-state index < -0.39 is 10.0 Å². The molecule has 3 aromatic rings. The van der Waals surface area contributed by atoms with Crippen molar-refractivity contribution in [2.45, 2.75) is 25.3 Å². The summed E-state index contributed by atoms with van der Waals surface area (Å²) < 4.78 is 40.8. The summed E-state index contributed by atoms with van der Waals surface area (Å²) in [6.45, 7) is 4.18. The molecule has 0 atom stereocenters. The molecule has 0 bridgehead atoms. The largest absolute Gasteiger partial charge is 0.381 e. The summed E-state index contributed by atoms with van der Waals surface area (Å²) >= 11 is 0. The molecule has 3 aromatic carbocycles. The predicted molar refractivity (Wildman–Crippen MR) is 107 cm³/mol. The van der Waals surface area contributed by atoms with Crippen LogP contribution in [0.15, 0.2) is 71.6 Å². The molecule has 140 valence electrons. The predicted octanol–water partition coefficient (Wildman–Crippen LogP) is 4.86. The van der Waals surface area contributed by atoms with Gasteiger partial charge in [-0.2, -0.15) is 0 Å². The Labute approximate surface area is 159 Å². The lowest BCUT2D eigenvalue weighted by molar-refractivity contribution is 0.600. The Kier molecular flexibility index (Phi) is 5.46. The molecule has 4 nitrogen and oxygen atoms in total. The highest BCUT2D eigenvalue weighted by Crippen LogP contribution is 2.22. The lowest BCUT2D eigenvalue weighted by atomic mass is 10.2. The number of halogens is 1. The van der Waals surface area contributed by atoms with Crippen LogP contribution in [0.25, 0.3) is 0 Å². The lowest BCUT2D eigenvalue weighted by Gasteiger charge is -2.12. The molecule has 0 aliphatic rings. The molecule has 6 heteroatoms. The quantitative estimate of drug-likeness (QED) is 0.638. The number of hydrogen-bond donors (Lipinski definition) is 2. The smallest absolute Gasteiger partial charge is 0.262 e. The number of rotatable bonds is 6. The average molecular weight is 384 g/mol. The zero-order chi connectivity index (χ0) is 19.4. The van der Waals surface area contributed by atoms with Gasteiger partial charge >= 0.3 is 0 Å². The highest BCUT2D eigenvalue weighted by Gasteiger charge is 2.17. The topological polar surface area (TPSA) is 58.2 Å². The van der Waals surface area contributed by atoms with Gasteiger partial charge in [0.05, 0.1) is 4.90 Å². The van der Waals surface area contributed by atoms with Crippen molar-refractivity contribution in [2.75, 3.05) is 10.0 Å². The molecule has 0 amide bonds. The fraction of sp³-hybridized carbons (Fsp3) is 0.143. The fourth-order valence-electron chi connectivity index (χ4n) is 2.67. The van der Waals surface area contributed by atoms with E-state index in [-0.39, 0.29) is 10.7 Å². The highest BCUT2D eigenvalue weighted by molar-refractivity contribution is 7.92. The number of aryl methyl sites for hydroxylation is 2. The van der Waals surface area contributed by atoms with Crippen LogP contribution in [0.2, 0.25) is 0 Å². The molecule has 0 aromatic heterocycles. The summed E-state index contributed by atoms with van der Waals surface area (Å²) in [5.41, 5.74) is 3.88. The molecule has 0 fully saturated rings. The van der Waals surface area contributed by atoms with E-state index in [1.54, 1.807) is 55.5 Å². The minimum Gasteiger partial charge on any atom is -0.381 e. The molecule has 3 rings (SSSR count). The van der Waals surface area contributed by atoms with Gasteiger partial charge in [0, 0.05) is 17.9 Å². The van der Waals surface area contributed by atoms with E-state index in [1.165, 1.54) is 12.1 Å². The van der Waals surface area contributed by atoms with Crippen LogP contribution in [0.3, 0.4) is 0 Å². The molecule has 0 spiro atoms. The second-order valence-electron chi connectivity index (χ2n) is 6.43.